The molecule has 1 aromatic heterocycles. The number of carbonyl (C=O) groups excluding carboxylic acids is 1. The molecule has 116 valence electrons. The van der Waals surface area contributed by atoms with E-state index in [4.69, 9.17) is 5.11 Å². The highest BCUT2D eigenvalue weighted by molar-refractivity contribution is 6.04. The lowest BCUT2D eigenvalue weighted by atomic mass is 10.1. The zero-order valence-corrected chi connectivity index (χ0v) is 12.4. The van der Waals surface area contributed by atoms with Gasteiger partial charge in [0.25, 0.3) is 11.5 Å². The number of H-pyrrole nitrogens is 1. The van der Waals surface area contributed by atoms with Crippen LogP contribution in [0.4, 0.5) is 5.69 Å². The number of anilines is 1. The first-order chi connectivity index (χ1) is 11.2. The second-order valence-corrected chi connectivity index (χ2v) is 5.22. The summed E-state index contributed by atoms with van der Waals surface area (Å²) in [6, 6.07) is 16.0. The van der Waals surface area contributed by atoms with Gasteiger partial charge in [-0.3, -0.25) is 9.59 Å². The predicted molar refractivity (Wildman–Crippen MR) is 89.8 cm³/mol. The quantitative estimate of drug-likeness (QED) is 0.692. The highest BCUT2D eigenvalue weighted by Crippen LogP contribution is 2.13. The number of aliphatic hydroxyl groups excluding tert-OH is 1. The van der Waals surface area contributed by atoms with E-state index in [1.165, 1.54) is 0 Å². The molecule has 0 fully saturated rings. The summed E-state index contributed by atoms with van der Waals surface area (Å²) in [7, 11) is 0. The molecule has 3 N–H and O–H groups in total. The Kier molecular flexibility index (Phi) is 4.21. The van der Waals surface area contributed by atoms with Crippen molar-refractivity contribution >= 4 is 22.4 Å². The van der Waals surface area contributed by atoms with Crippen LogP contribution in [0.2, 0.25) is 0 Å². The Hall–Kier alpha value is -2.92. The molecule has 0 aliphatic heterocycles. The first kappa shape index (κ1) is 15.0. The van der Waals surface area contributed by atoms with Crippen molar-refractivity contribution < 1.29 is 9.90 Å². The Morgan fingerprint density at radius 3 is 2.57 bits per heavy atom. The van der Waals surface area contributed by atoms with Crippen LogP contribution < -0.4 is 10.9 Å². The van der Waals surface area contributed by atoms with Crippen LogP contribution in [0, 0.1) is 0 Å². The van der Waals surface area contributed by atoms with Crippen LogP contribution in [0.25, 0.3) is 10.8 Å². The number of carbonyl (C=O) groups is 1. The first-order valence-corrected chi connectivity index (χ1v) is 7.30. The fourth-order valence-electron chi connectivity index (χ4n) is 2.42. The van der Waals surface area contributed by atoms with Crippen molar-refractivity contribution in [1.82, 2.24) is 4.98 Å². The Bertz CT molecular complexity index is 898. The highest BCUT2D eigenvalue weighted by Gasteiger charge is 2.09. The van der Waals surface area contributed by atoms with Crippen molar-refractivity contribution in [2.45, 2.75) is 6.42 Å². The number of fused-ring (bicyclic) bond motifs is 1. The number of amides is 1. The van der Waals surface area contributed by atoms with Gasteiger partial charge in [0.15, 0.2) is 0 Å². The molecule has 0 radical (unpaired) electrons. The Morgan fingerprint density at radius 1 is 1.09 bits per heavy atom. The third-order valence-corrected chi connectivity index (χ3v) is 3.61. The van der Waals surface area contributed by atoms with Crippen LogP contribution in [0.5, 0.6) is 0 Å². The molecule has 0 spiro atoms. The number of rotatable bonds is 4. The van der Waals surface area contributed by atoms with Crippen molar-refractivity contribution in [2.75, 3.05) is 11.9 Å². The van der Waals surface area contributed by atoms with Gasteiger partial charge >= 0.3 is 0 Å². The minimum Gasteiger partial charge on any atom is -0.396 e. The summed E-state index contributed by atoms with van der Waals surface area (Å²) < 4.78 is 0. The second kappa shape index (κ2) is 6.46. The van der Waals surface area contributed by atoms with E-state index in [1.807, 2.05) is 18.2 Å². The van der Waals surface area contributed by atoms with Gasteiger partial charge in [-0.05, 0) is 41.6 Å². The number of nitrogens with one attached hydrogen (secondary N) is 2. The second-order valence-electron chi connectivity index (χ2n) is 5.22. The van der Waals surface area contributed by atoms with E-state index in [-0.39, 0.29) is 23.8 Å². The number of aliphatic hydroxyl groups is 1. The summed E-state index contributed by atoms with van der Waals surface area (Å²) in [5.74, 6) is -0.372. The van der Waals surface area contributed by atoms with E-state index >= 15 is 0 Å². The van der Waals surface area contributed by atoms with Crippen molar-refractivity contribution in [3.8, 4) is 0 Å². The van der Waals surface area contributed by atoms with Gasteiger partial charge in [0, 0.05) is 17.7 Å². The van der Waals surface area contributed by atoms with Crippen molar-refractivity contribution in [3.63, 3.8) is 0 Å². The van der Waals surface area contributed by atoms with Crippen LogP contribution in [0.1, 0.15) is 16.1 Å². The predicted octanol–water partition coefficient (Wildman–Crippen LogP) is 2.32. The fraction of sp³-hybridized carbons (Fsp3) is 0.111. The van der Waals surface area contributed by atoms with E-state index in [0.29, 0.717) is 17.5 Å². The van der Waals surface area contributed by atoms with Crippen molar-refractivity contribution in [3.05, 3.63) is 76.2 Å². The standard InChI is InChI=1S/C18H16N2O3/c21-10-9-12-5-7-14(8-6-12)19-18(23)16-11-13-3-1-2-4-15(13)17(22)20-16/h1-8,11,21H,9-10H2,(H,19,23)(H,20,22). The normalized spacial score (nSPS) is 10.7. The van der Waals surface area contributed by atoms with Gasteiger partial charge in [-0.15, -0.1) is 0 Å². The molecule has 0 aliphatic carbocycles. The summed E-state index contributed by atoms with van der Waals surface area (Å²) in [5, 5.41) is 12.9. The molecule has 0 unspecified atom stereocenters. The highest BCUT2D eigenvalue weighted by atomic mass is 16.3. The number of benzene rings is 2. The molecule has 0 atom stereocenters. The molecule has 5 nitrogen and oxygen atoms in total. The van der Waals surface area contributed by atoms with E-state index < -0.39 is 0 Å². The van der Waals surface area contributed by atoms with Gasteiger partial charge < -0.3 is 15.4 Å². The average Bonchev–Trinajstić information content (AvgIpc) is 2.57. The average molecular weight is 308 g/mol. The zero-order chi connectivity index (χ0) is 16.2. The minimum atomic E-state index is -0.372. The lowest BCUT2D eigenvalue weighted by Gasteiger charge is -2.07. The summed E-state index contributed by atoms with van der Waals surface area (Å²) >= 11 is 0. The van der Waals surface area contributed by atoms with Gasteiger partial charge in [-0.2, -0.15) is 0 Å². The molecule has 2 aromatic carbocycles. The fourth-order valence-corrected chi connectivity index (χ4v) is 2.42. The van der Waals surface area contributed by atoms with E-state index in [1.54, 1.807) is 36.4 Å². The van der Waals surface area contributed by atoms with Crippen LogP contribution in [0.3, 0.4) is 0 Å². The van der Waals surface area contributed by atoms with E-state index in [9.17, 15) is 9.59 Å². The van der Waals surface area contributed by atoms with Crippen molar-refractivity contribution in [2.24, 2.45) is 0 Å². The smallest absolute Gasteiger partial charge is 0.272 e. The van der Waals surface area contributed by atoms with Gasteiger partial charge in [0.1, 0.15) is 5.69 Å². The van der Waals surface area contributed by atoms with Crippen LogP contribution in [-0.2, 0) is 6.42 Å². The molecule has 5 heteroatoms. The maximum absolute atomic E-state index is 12.3. The minimum absolute atomic E-state index is 0.0873. The Morgan fingerprint density at radius 2 is 1.83 bits per heavy atom. The number of pyridine rings is 1. The van der Waals surface area contributed by atoms with Gasteiger partial charge in [0.2, 0.25) is 0 Å². The third kappa shape index (κ3) is 3.30. The lowest BCUT2D eigenvalue weighted by Crippen LogP contribution is -2.18. The Balaban J connectivity index is 1.84. The molecule has 3 rings (SSSR count). The molecule has 0 aliphatic rings. The number of hydrogen-bond acceptors (Lipinski definition) is 3. The monoisotopic (exact) mass is 308 g/mol. The molecule has 0 bridgehead atoms. The van der Waals surface area contributed by atoms with Crippen molar-refractivity contribution in [1.29, 1.82) is 0 Å². The molecular weight excluding hydrogens is 292 g/mol. The molecule has 3 aromatic rings. The maximum Gasteiger partial charge on any atom is 0.272 e. The summed E-state index contributed by atoms with van der Waals surface area (Å²) in [5.41, 5.74) is 1.55. The third-order valence-electron chi connectivity index (χ3n) is 3.61. The number of aromatic nitrogens is 1. The van der Waals surface area contributed by atoms with E-state index in [2.05, 4.69) is 10.3 Å². The molecule has 23 heavy (non-hydrogen) atoms. The number of aromatic amines is 1. The Labute approximate surface area is 132 Å². The van der Waals surface area contributed by atoms with Crippen LogP contribution in [-0.4, -0.2) is 22.6 Å². The molecule has 0 saturated carbocycles. The summed E-state index contributed by atoms with van der Waals surface area (Å²) in [4.78, 5) is 26.9. The lowest BCUT2D eigenvalue weighted by molar-refractivity contribution is 0.102. The number of hydrogen-bond donors (Lipinski definition) is 3. The summed E-state index contributed by atoms with van der Waals surface area (Å²) in [6.07, 6.45) is 0.576. The first-order valence-electron chi connectivity index (χ1n) is 7.30. The zero-order valence-electron chi connectivity index (χ0n) is 12.4. The maximum atomic E-state index is 12.3. The molecule has 1 heterocycles. The topological polar surface area (TPSA) is 82.2 Å². The largest absolute Gasteiger partial charge is 0.396 e. The summed E-state index contributed by atoms with van der Waals surface area (Å²) in [6.45, 7) is 0.0873. The van der Waals surface area contributed by atoms with Gasteiger partial charge in [-0.25, -0.2) is 0 Å². The molecule has 0 saturated heterocycles. The molecular formula is C18H16N2O3. The van der Waals surface area contributed by atoms with Gasteiger partial charge in [-0.1, -0.05) is 30.3 Å². The van der Waals surface area contributed by atoms with Crippen LogP contribution >= 0.6 is 0 Å². The SMILES string of the molecule is O=C(Nc1ccc(CCO)cc1)c1cc2ccccc2c(=O)[nH]1. The van der Waals surface area contributed by atoms with Crippen LogP contribution in [0.15, 0.2) is 59.4 Å². The van der Waals surface area contributed by atoms with E-state index in [0.717, 1.165) is 10.9 Å². The molecule has 1 amide bonds. The van der Waals surface area contributed by atoms with Gasteiger partial charge in [0.05, 0.1) is 0 Å².